The predicted octanol–water partition coefficient (Wildman–Crippen LogP) is 4.15. The predicted molar refractivity (Wildman–Crippen MR) is 98.7 cm³/mol. The van der Waals surface area contributed by atoms with Crippen molar-refractivity contribution in [2.75, 3.05) is 24.5 Å². The van der Waals surface area contributed by atoms with Crippen LogP contribution in [0.15, 0.2) is 22.7 Å². The summed E-state index contributed by atoms with van der Waals surface area (Å²) < 4.78 is 1.01. The van der Waals surface area contributed by atoms with Crippen LogP contribution in [0.4, 0.5) is 5.69 Å². The summed E-state index contributed by atoms with van der Waals surface area (Å²) >= 11 is 3.47. The van der Waals surface area contributed by atoms with E-state index in [-0.39, 0.29) is 11.8 Å². The van der Waals surface area contributed by atoms with E-state index in [0.29, 0.717) is 13.0 Å². The second-order valence-electron chi connectivity index (χ2n) is 5.73. The van der Waals surface area contributed by atoms with Gasteiger partial charge in [0.05, 0.1) is 0 Å². The van der Waals surface area contributed by atoms with E-state index < -0.39 is 0 Å². The Labute approximate surface area is 148 Å². The molecule has 5 heteroatoms. The summed E-state index contributed by atoms with van der Waals surface area (Å²) in [7, 11) is 0. The van der Waals surface area contributed by atoms with Crippen LogP contribution < -0.4 is 4.90 Å². The van der Waals surface area contributed by atoms with Crippen LogP contribution in [0, 0.1) is 6.92 Å². The summed E-state index contributed by atoms with van der Waals surface area (Å²) in [5.41, 5.74) is 1.90. The highest BCUT2D eigenvalue weighted by molar-refractivity contribution is 9.10. The number of benzene rings is 1. The average Bonchev–Trinajstić information content (AvgIpc) is 2.50. The van der Waals surface area contributed by atoms with Gasteiger partial charge in [-0.25, -0.2) is 0 Å². The summed E-state index contributed by atoms with van der Waals surface area (Å²) in [4.78, 5) is 27.9. The van der Waals surface area contributed by atoms with E-state index in [1.807, 2.05) is 30.0 Å². The summed E-state index contributed by atoms with van der Waals surface area (Å²) in [5, 5.41) is 0. The lowest BCUT2D eigenvalue weighted by molar-refractivity contribution is -0.131. The maximum atomic E-state index is 12.4. The van der Waals surface area contributed by atoms with E-state index >= 15 is 0 Å². The first kappa shape index (κ1) is 19.7. The molecule has 0 unspecified atom stereocenters. The van der Waals surface area contributed by atoms with Gasteiger partial charge >= 0.3 is 0 Å². The molecular formula is C18H27BrN2O2. The lowest BCUT2D eigenvalue weighted by Gasteiger charge is -2.25. The van der Waals surface area contributed by atoms with Gasteiger partial charge in [0.2, 0.25) is 11.8 Å². The van der Waals surface area contributed by atoms with Crippen molar-refractivity contribution < 1.29 is 9.59 Å². The summed E-state index contributed by atoms with van der Waals surface area (Å²) in [6.07, 6.45) is 2.26. The van der Waals surface area contributed by atoms with Crippen molar-refractivity contribution in [2.24, 2.45) is 0 Å². The standard InChI is InChI=1S/C18H27BrN2O2/c1-5-10-20(11-6-2)18(23)9-12-21(15(4)22)16-7-8-17(19)14(3)13-16/h7-8,13H,5-6,9-12H2,1-4H3. The second-order valence-corrected chi connectivity index (χ2v) is 6.59. The van der Waals surface area contributed by atoms with E-state index in [0.717, 1.165) is 41.7 Å². The van der Waals surface area contributed by atoms with Crippen molar-refractivity contribution in [1.29, 1.82) is 0 Å². The van der Waals surface area contributed by atoms with E-state index in [1.165, 1.54) is 6.92 Å². The minimum atomic E-state index is -0.0444. The van der Waals surface area contributed by atoms with Gasteiger partial charge in [-0.1, -0.05) is 29.8 Å². The molecule has 0 saturated heterocycles. The van der Waals surface area contributed by atoms with Crippen molar-refractivity contribution >= 4 is 33.4 Å². The lowest BCUT2D eigenvalue weighted by atomic mass is 10.2. The first-order chi connectivity index (χ1) is 10.9. The van der Waals surface area contributed by atoms with Crippen LogP contribution in [-0.4, -0.2) is 36.3 Å². The third-order valence-corrected chi connectivity index (χ3v) is 4.61. The molecule has 0 saturated carbocycles. The van der Waals surface area contributed by atoms with Gasteiger partial charge in [0, 0.05) is 43.1 Å². The molecule has 0 aliphatic rings. The van der Waals surface area contributed by atoms with Gasteiger partial charge in [0.1, 0.15) is 0 Å². The Morgan fingerprint density at radius 1 is 1.09 bits per heavy atom. The fraction of sp³-hybridized carbons (Fsp3) is 0.556. The van der Waals surface area contributed by atoms with Gasteiger partial charge in [-0.3, -0.25) is 9.59 Å². The molecule has 1 rings (SSSR count). The number of aryl methyl sites for hydroxylation is 1. The number of amides is 2. The minimum absolute atomic E-state index is 0.0444. The molecule has 0 N–H and O–H groups in total. The van der Waals surface area contributed by atoms with Crippen molar-refractivity contribution in [3.05, 3.63) is 28.2 Å². The third-order valence-electron chi connectivity index (χ3n) is 3.72. The van der Waals surface area contributed by atoms with Crippen LogP contribution in [0.5, 0.6) is 0 Å². The molecule has 1 aromatic rings. The second kappa shape index (κ2) is 9.71. The molecule has 128 valence electrons. The van der Waals surface area contributed by atoms with Gasteiger partial charge < -0.3 is 9.80 Å². The monoisotopic (exact) mass is 382 g/mol. The van der Waals surface area contributed by atoms with E-state index in [4.69, 9.17) is 0 Å². The van der Waals surface area contributed by atoms with Gasteiger partial charge in [-0.05, 0) is 43.5 Å². The van der Waals surface area contributed by atoms with Gasteiger partial charge in [-0.2, -0.15) is 0 Å². The molecule has 0 aliphatic heterocycles. The van der Waals surface area contributed by atoms with Crippen LogP contribution >= 0.6 is 15.9 Å². The van der Waals surface area contributed by atoms with E-state index in [1.54, 1.807) is 4.90 Å². The van der Waals surface area contributed by atoms with Crippen LogP contribution in [0.2, 0.25) is 0 Å². The highest BCUT2D eigenvalue weighted by Crippen LogP contribution is 2.23. The Balaban J connectivity index is 2.78. The number of carbonyl (C=O) groups excluding carboxylic acids is 2. The zero-order chi connectivity index (χ0) is 17.4. The number of hydrogen-bond donors (Lipinski definition) is 0. The number of nitrogens with zero attached hydrogens (tertiary/aromatic N) is 2. The van der Waals surface area contributed by atoms with Crippen molar-refractivity contribution in [3.63, 3.8) is 0 Å². The Hall–Kier alpha value is -1.36. The molecule has 0 radical (unpaired) electrons. The number of anilines is 1. The highest BCUT2D eigenvalue weighted by Gasteiger charge is 2.17. The smallest absolute Gasteiger partial charge is 0.224 e. The summed E-state index contributed by atoms with van der Waals surface area (Å²) in [6, 6.07) is 5.80. The molecule has 0 aliphatic carbocycles. The Morgan fingerprint density at radius 2 is 1.70 bits per heavy atom. The summed E-state index contributed by atoms with van der Waals surface area (Å²) in [6.45, 7) is 9.65. The van der Waals surface area contributed by atoms with Gasteiger partial charge in [0.25, 0.3) is 0 Å². The van der Waals surface area contributed by atoms with Gasteiger partial charge in [-0.15, -0.1) is 0 Å². The average molecular weight is 383 g/mol. The molecule has 0 heterocycles. The quantitative estimate of drug-likeness (QED) is 0.677. The molecule has 0 aromatic heterocycles. The number of rotatable bonds is 8. The van der Waals surface area contributed by atoms with Crippen LogP contribution in [0.1, 0.15) is 45.6 Å². The molecular weight excluding hydrogens is 356 g/mol. The van der Waals surface area contributed by atoms with Crippen molar-refractivity contribution in [1.82, 2.24) is 4.90 Å². The largest absolute Gasteiger partial charge is 0.343 e. The zero-order valence-electron chi connectivity index (χ0n) is 14.6. The molecule has 0 atom stereocenters. The molecule has 4 nitrogen and oxygen atoms in total. The SMILES string of the molecule is CCCN(CCC)C(=O)CCN(C(C)=O)c1ccc(Br)c(C)c1. The van der Waals surface area contributed by atoms with Crippen molar-refractivity contribution in [3.8, 4) is 0 Å². The molecule has 0 fully saturated rings. The fourth-order valence-corrected chi connectivity index (χ4v) is 2.78. The van der Waals surface area contributed by atoms with Crippen LogP contribution in [-0.2, 0) is 9.59 Å². The number of halogens is 1. The number of carbonyl (C=O) groups is 2. The Bertz CT molecular complexity index is 540. The third kappa shape index (κ3) is 5.98. The minimum Gasteiger partial charge on any atom is -0.343 e. The molecule has 0 bridgehead atoms. The zero-order valence-corrected chi connectivity index (χ0v) is 16.1. The van der Waals surface area contributed by atoms with E-state index in [9.17, 15) is 9.59 Å². The van der Waals surface area contributed by atoms with Crippen LogP contribution in [0.25, 0.3) is 0 Å². The van der Waals surface area contributed by atoms with Gasteiger partial charge in [0.15, 0.2) is 0 Å². The van der Waals surface area contributed by atoms with Crippen molar-refractivity contribution in [2.45, 2.75) is 47.0 Å². The molecule has 2 amide bonds. The lowest BCUT2D eigenvalue weighted by Crippen LogP contribution is -2.37. The van der Waals surface area contributed by atoms with E-state index in [2.05, 4.69) is 29.8 Å². The molecule has 23 heavy (non-hydrogen) atoms. The normalized spacial score (nSPS) is 10.5. The topological polar surface area (TPSA) is 40.6 Å². The number of hydrogen-bond acceptors (Lipinski definition) is 2. The Morgan fingerprint density at radius 3 is 2.17 bits per heavy atom. The Kier molecular flexibility index (Phi) is 8.31. The maximum absolute atomic E-state index is 12.4. The first-order valence-electron chi connectivity index (χ1n) is 8.22. The summed E-state index contributed by atoms with van der Waals surface area (Å²) in [5.74, 6) is 0.0749. The highest BCUT2D eigenvalue weighted by atomic mass is 79.9. The van der Waals surface area contributed by atoms with Crippen LogP contribution in [0.3, 0.4) is 0 Å². The maximum Gasteiger partial charge on any atom is 0.224 e. The fourth-order valence-electron chi connectivity index (χ4n) is 2.53. The molecule has 1 aromatic carbocycles. The first-order valence-corrected chi connectivity index (χ1v) is 9.02. The molecule has 0 spiro atoms.